The Morgan fingerprint density at radius 1 is 1.03 bits per heavy atom. The molecule has 0 fully saturated rings. The van der Waals surface area contributed by atoms with Crippen LogP contribution in [0.1, 0.15) is 38.1 Å². The average molecular weight is 486 g/mol. The largest absolute Gasteiger partial charge is 0.598 e. The number of nitrogens with zero attached hydrogens (tertiary/aromatic N) is 3. The molecule has 0 aliphatic carbocycles. The number of aromatic nitrogens is 4. The standard InChI is InChI=1S/C27H27N5O2S/c1-27(2,3)35(33)32-24(15-19-9-8-13-23(30-19)18-16-28-29-17-18)20-10-4-5-11-21(20)26-22-12-6-7-14-25(22)34-31-26/h4-14,16-17,24,32H,15H2,1-3H3,(H,28,29). The van der Waals surface area contributed by atoms with Crippen molar-refractivity contribution >= 4 is 22.3 Å². The molecule has 2 aromatic carbocycles. The number of pyridine rings is 1. The number of hydrogen-bond donors (Lipinski definition) is 2. The molecule has 8 heteroatoms. The average Bonchev–Trinajstić information content (AvgIpc) is 3.54. The molecule has 178 valence electrons. The normalized spacial score (nSPS) is 13.7. The lowest BCUT2D eigenvalue weighted by Gasteiger charge is -2.29. The van der Waals surface area contributed by atoms with Gasteiger partial charge in [-0.25, -0.2) is 0 Å². The highest BCUT2D eigenvalue weighted by atomic mass is 32.2. The molecule has 0 aliphatic rings. The van der Waals surface area contributed by atoms with Crippen molar-refractivity contribution < 1.29 is 9.08 Å². The Morgan fingerprint density at radius 2 is 1.83 bits per heavy atom. The van der Waals surface area contributed by atoms with E-state index in [-0.39, 0.29) is 6.04 Å². The van der Waals surface area contributed by atoms with Crippen molar-refractivity contribution in [3.63, 3.8) is 0 Å². The van der Waals surface area contributed by atoms with Gasteiger partial charge in [-0.1, -0.05) is 47.6 Å². The van der Waals surface area contributed by atoms with Crippen LogP contribution in [0.15, 0.2) is 83.6 Å². The van der Waals surface area contributed by atoms with Crippen LogP contribution in [-0.4, -0.2) is 29.6 Å². The van der Waals surface area contributed by atoms with Gasteiger partial charge in [0.05, 0.1) is 17.9 Å². The van der Waals surface area contributed by atoms with Gasteiger partial charge in [-0.2, -0.15) is 5.10 Å². The Balaban J connectivity index is 1.57. The van der Waals surface area contributed by atoms with Crippen LogP contribution in [0.2, 0.25) is 0 Å². The van der Waals surface area contributed by atoms with E-state index in [1.54, 1.807) is 6.20 Å². The predicted molar refractivity (Wildman–Crippen MR) is 139 cm³/mol. The third kappa shape index (κ3) is 5.00. The van der Waals surface area contributed by atoms with E-state index in [4.69, 9.17) is 9.51 Å². The topological polar surface area (TPSA) is 103 Å². The highest BCUT2D eigenvalue weighted by Gasteiger charge is 2.31. The highest BCUT2D eigenvalue weighted by Crippen LogP contribution is 2.35. The van der Waals surface area contributed by atoms with Crippen molar-refractivity contribution in [3.05, 3.63) is 90.4 Å². The Hall–Kier alpha value is -3.46. The maximum atomic E-state index is 13.2. The molecule has 0 saturated heterocycles. The maximum Gasteiger partial charge on any atom is 0.167 e. The van der Waals surface area contributed by atoms with Crippen LogP contribution in [0.4, 0.5) is 0 Å². The number of rotatable bonds is 7. The minimum atomic E-state index is -1.30. The summed E-state index contributed by atoms with van der Waals surface area (Å²) < 4.78 is 21.8. The van der Waals surface area contributed by atoms with E-state index in [0.29, 0.717) is 6.42 Å². The van der Waals surface area contributed by atoms with Crippen LogP contribution in [0.25, 0.3) is 33.5 Å². The Bertz CT molecular complexity index is 1430. The number of nitrogens with one attached hydrogen (secondary N) is 2. The molecule has 7 nitrogen and oxygen atoms in total. The monoisotopic (exact) mass is 485 g/mol. The zero-order chi connectivity index (χ0) is 24.4. The lowest BCUT2D eigenvalue weighted by atomic mass is 9.94. The molecule has 0 bridgehead atoms. The molecule has 5 aromatic rings. The fourth-order valence-corrected chi connectivity index (χ4v) is 4.79. The smallest absolute Gasteiger partial charge is 0.167 e. The molecular formula is C27H27N5O2S. The van der Waals surface area contributed by atoms with Gasteiger partial charge in [-0.3, -0.25) is 10.1 Å². The second-order valence-corrected chi connectivity index (χ2v) is 11.4. The first-order valence-electron chi connectivity index (χ1n) is 11.5. The first-order chi connectivity index (χ1) is 16.9. The van der Waals surface area contributed by atoms with Crippen molar-refractivity contribution in [2.24, 2.45) is 0 Å². The summed E-state index contributed by atoms with van der Waals surface area (Å²) in [4.78, 5) is 4.86. The number of benzene rings is 2. The third-order valence-corrected chi connectivity index (χ3v) is 7.40. The SMILES string of the molecule is CC(C)(C)[S+]([O-])NC(Cc1cccc(-c2cn[nH]c2)n1)c1ccccc1-c1noc2ccccc12. The third-order valence-electron chi connectivity index (χ3n) is 5.79. The van der Waals surface area contributed by atoms with Crippen molar-refractivity contribution in [2.45, 2.75) is 38.0 Å². The molecule has 2 atom stereocenters. The van der Waals surface area contributed by atoms with E-state index >= 15 is 0 Å². The van der Waals surface area contributed by atoms with Crippen LogP contribution in [0, 0.1) is 0 Å². The first kappa shape index (κ1) is 23.3. The summed E-state index contributed by atoms with van der Waals surface area (Å²) in [6.45, 7) is 5.88. The van der Waals surface area contributed by atoms with Crippen LogP contribution in [-0.2, 0) is 17.8 Å². The maximum absolute atomic E-state index is 13.2. The zero-order valence-electron chi connectivity index (χ0n) is 19.9. The van der Waals surface area contributed by atoms with Gasteiger partial charge < -0.3 is 9.08 Å². The van der Waals surface area contributed by atoms with Crippen molar-refractivity contribution in [2.75, 3.05) is 0 Å². The predicted octanol–water partition coefficient (Wildman–Crippen LogP) is 5.62. The van der Waals surface area contributed by atoms with Crippen molar-refractivity contribution in [1.29, 1.82) is 0 Å². The van der Waals surface area contributed by atoms with Gasteiger partial charge in [0, 0.05) is 46.2 Å². The summed E-state index contributed by atoms with van der Waals surface area (Å²) in [6.07, 6.45) is 4.11. The Kier molecular flexibility index (Phi) is 6.42. The molecule has 2 unspecified atom stereocenters. The molecular weight excluding hydrogens is 458 g/mol. The fraction of sp³-hybridized carbons (Fsp3) is 0.222. The number of para-hydroxylation sites is 1. The number of hydrogen-bond acceptors (Lipinski definition) is 6. The minimum absolute atomic E-state index is 0.270. The van der Waals surface area contributed by atoms with Gasteiger partial charge in [0.15, 0.2) is 5.58 Å². The quantitative estimate of drug-likeness (QED) is 0.290. The summed E-state index contributed by atoms with van der Waals surface area (Å²) in [5.74, 6) is 0. The summed E-state index contributed by atoms with van der Waals surface area (Å²) >= 11 is -1.30. The van der Waals surface area contributed by atoms with E-state index in [9.17, 15) is 4.55 Å². The van der Waals surface area contributed by atoms with E-state index in [2.05, 4.69) is 26.1 Å². The van der Waals surface area contributed by atoms with Gasteiger partial charge in [0.25, 0.3) is 0 Å². The number of aromatic amines is 1. The lowest BCUT2D eigenvalue weighted by molar-refractivity contribution is 0.459. The summed E-state index contributed by atoms with van der Waals surface area (Å²) in [6, 6.07) is 21.5. The Morgan fingerprint density at radius 3 is 2.63 bits per heavy atom. The fourth-order valence-electron chi connectivity index (χ4n) is 3.97. The van der Waals surface area contributed by atoms with Gasteiger partial charge >= 0.3 is 0 Å². The molecule has 3 aromatic heterocycles. The number of fused-ring (bicyclic) bond motifs is 1. The van der Waals surface area contributed by atoms with Gasteiger partial charge in [-0.05, 0) is 50.6 Å². The first-order valence-corrected chi connectivity index (χ1v) is 12.6. The van der Waals surface area contributed by atoms with Crippen molar-refractivity contribution in [3.8, 4) is 22.5 Å². The zero-order valence-corrected chi connectivity index (χ0v) is 20.7. The van der Waals surface area contributed by atoms with Gasteiger partial charge in [0.1, 0.15) is 10.4 Å². The van der Waals surface area contributed by atoms with Crippen LogP contribution in [0.3, 0.4) is 0 Å². The lowest BCUT2D eigenvalue weighted by Crippen LogP contribution is -2.42. The van der Waals surface area contributed by atoms with E-state index < -0.39 is 16.1 Å². The van der Waals surface area contributed by atoms with Crippen LogP contribution >= 0.6 is 0 Å². The van der Waals surface area contributed by atoms with E-state index in [1.165, 1.54) is 0 Å². The molecule has 0 spiro atoms. The second-order valence-electron chi connectivity index (χ2n) is 9.37. The molecule has 0 radical (unpaired) electrons. The molecule has 0 saturated carbocycles. The summed E-state index contributed by atoms with van der Waals surface area (Å²) in [7, 11) is 0. The van der Waals surface area contributed by atoms with Crippen molar-refractivity contribution in [1.82, 2.24) is 25.1 Å². The highest BCUT2D eigenvalue weighted by molar-refractivity contribution is 7.90. The molecule has 35 heavy (non-hydrogen) atoms. The molecule has 0 aliphatic heterocycles. The molecule has 3 heterocycles. The molecule has 0 amide bonds. The van der Waals surface area contributed by atoms with Crippen LogP contribution < -0.4 is 4.72 Å². The van der Waals surface area contributed by atoms with E-state index in [1.807, 2.05) is 87.6 Å². The summed E-state index contributed by atoms with van der Waals surface area (Å²) in [5, 5.41) is 12.2. The van der Waals surface area contributed by atoms with Gasteiger partial charge in [0.2, 0.25) is 0 Å². The molecule has 2 N–H and O–H groups in total. The van der Waals surface area contributed by atoms with E-state index in [0.717, 1.165) is 44.7 Å². The second kappa shape index (κ2) is 9.65. The molecule has 5 rings (SSSR count). The summed E-state index contributed by atoms with van der Waals surface area (Å²) in [5.41, 5.74) is 6.06. The van der Waals surface area contributed by atoms with Crippen LogP contribution in [0.5, 0.6) is 0 Å². The minimum Gasteiger partial charge on any atom is -0.598 e. The van der Waals surface area contributed by atoms with Gasteiger partial charge in [-0.15, -0.1) is 4.72 Å². The Labute approximate surface area is 207 Å². The number of H-pyrrole nitrogens is 1.